The number of carbonyl (C=O) groups is 1. The molecule has 0 atom stereocenters. The fraction of sp³-hybridized carbons (Fsp3) is 0.400. The average Bonchev–Trinajstić information content (AvgIpc) is 2.61. The highest BCUT2D eigenvalue weighted by atomic mass is 79.9. The van der Waals surface area contributed by atoms with Crippen molar-refractivity contribution in [3.05, 3.63) is 58.3 Å². The molecule has 0 saturated carbocycles. The van der Waals surface area contributed by atoms with Crippen LogP contribution in [-0.2, 0) is 12.0 Å². The first-order chi connectivity index (χ1) is 12.4. The Morgan fingerprint density at radius 3 is 2.65 bits per heavy atom. The zero-order valence-electron chi connectivity index (χ0n) is 15.5. The Morgan fingerprint density at radius 1 is 1.19 bits per heavy atom. The van der Waals surface area contributed by atoms with Crippen molar-refractivity contribution in [3.63, 3.8) is 0 Å². The topological polar surface area (TPSA) is 63.2 Å². The van der Waals surface area contributed by atoms with Gasteiger partial charge in [0.15, 0.2) is 0 Å². The van der Waals surface area contributed by atoms with Crippen molar-refractivity contribution in [2.75, 3.05) is 13.2 Å². The largest absolute Gasteiger partial charge is 0.492 e. The van der Waals surface area contributed by atoms with Crippen LogP contribution in [0.4, 0.5) is 4.79 Å². The molecule has 1 aromatic heterocycles. The van der Waals surface area contributed by atoms with Crippen LogP contribution in [0.2, 0.25) is 0 Å². The Labute approximate surface area is 163 Å². The fourth-order valence-corrected chi connectivity index (χ4v) is 2.77. The monoisotopic (exact) mass is 419 g/mol. The van der Waals surface area contributed by atoms with Crippen molar-refractivity contribution in [1.29, 1.82) is 0 Å². The lowest BCUT2D eigenvalue weighted by atomic mass is 9.87. The van der Waals surface area contributed by atoms with E-state index in [0.717, 1.165) is 22.3 Å². The molecule has 1 aromatic carbocycles. The molecule has 6 heteroatoms. The molecule has 1 heterocycles. The maximum absolute atomic E-state index is 11.7. The molecule has 0 bridgehead atoms. The molecule has 2 amide bonds. The molecule has 140 valence electrons. The van der Waals surface area contributed by atoms with Crippen molar-refractivity contribution in [2.24, 2.45) is 0 Å². The van der Waals surface area contributed by atoms with Gasteiger partial charge >= 0.3 is 6.03 Å². The maximum atomic E-state index is 11.7. The lowest BCUT2D eigenvalue weighted by molar-refractivity contribution is 0.238. The number of hydrogen-bond acceptors (Lipinski definition) is 3. The van der Waals surface area contributed by atoms with E-state index in [1.807, 2.05) is 24.3 Å². The molecule has 2 N–H and O–H groups in total. The van der Waals surface area contributed by atoms with Gasteiger partial charge in [-0.1, -0.05) is 32.9 Å². The van der Waals surface area contributed by atoms with Crippen LogP contribution in [0.15, 0.2) is 47.1 Å². The predicted molar refractivity (Wildman–Crippen MR) is 107 cm³/mol. The molecule has 26 heavy (non-hydrogen) atoms. The second-order valence-corrected chi connectivity index (χ2v) is 7.88. The number of pyridine rings is 1. The molecule has 2 aromatic rings. The minimum atomic E-state index is -0.202. The highest BCUT2D eigenvalue weighted by Crippen LogP contribution is 2.31. The van der Waals surface area contributed by atoms with Crippen LogP contribution in [0.3, 0.4) is 0 Å². The van der Waals surface area contributed by atoms with Gasteiger partial charge in [-0.15, -0.1) is 0 Å². The lowest BCUT2D eigenvalue weighted by Gasteiger charge is -2.20. The van der Waals surface area contributed by atoms with E-state index < -0.39 is 0 Å². The Kier molecular flexibility index (Phi) is 7.45. The smallest absolute Gasteiger partial charge is 0.315 e. The molecule has 0 aliphatic carbocycles. The van der Waals surface area contributed by atoms with E-state index in [9.17, 15) is 4.79 Å². The summed E-state index contributed by atoms with van der Waals surface area (Å²) in [6.45, 7) is 8.04. The third kappa shape index (κ3) is 6.67. The third-order valence-electron chi connectivity index (χ3n) is 3.82. The molecule has 5 nitrogen and oxygen atoms in total. The minimum Gasteiger partial charge on any atom is -0.492 e. The van der Waals surface area contributed by atoms with Crippen molar-refractivity contribution >= 4 is 22.0 Å². The first-order valence-electron chi connectivity index (χ1n) is 8.71. The minimum absolute atomic E-state index is 0.105. The van der Waals surface area contributed by atoms with Crippen molar-refractivity contribution in [2.45, 2.75) is 39.2 Å². The van der Waals surface area contributed by atoms with Gasteiger partial charge in [-0.2, -0.15) is 0 Å². The summed E-state index contributed by atoms with van der Waals surface area (Å²) >= 11 is 3.56. The van der Waals surface area contributed by atoms with Crippen LogP contribution in [0, 0.1) is 0 Å². The van der Waals surface area contributed by atoms with E-state index in [1.165, 1.54) is 5.56 Å². The number of hydrogen-bond donors (Lipinski definition) is 2. The number of urea groups is 1. The standard InChI is InChI=1S/C20H26BrN3O2/c1-20(2,3)15-8-9-18(17(21)13-15)26-12-6-11-23-19(25)24-14-16-7-4-5-10-22-16/h4-5,7-10,13H,6,11-12,14H2,1-3H3,(H2,23,24,25). The van der Waals surface area contributed by atoms with Gasteiger partial charge in [-0.3, -0.25) is 4.98 Å². The first-order valence-corrected chi connectivity index (χ1v) is 9.50. The summed E-state index contributed by atoms with van der Waals surface area (Å²) in [5.41, 5.74) is 2.19. The number of nitrogens with one attached hydrogen (secondary N) is 2. The first kappa shape index (κ1) is 20.2. The number of halogens is 1. The molecule has 0 aliphatic heterocycles. The summed E-state index contributed by atoms with van der Waals surface area (Å²) in [6, 6.07) is 11.6. The summed E-state index contributed by atoms with van der Waals surface area (Å²) in [5, 5.41) is 5.59. The van der Waals surface area contributed by atoms with Gasteiger partial charge in [0.2, 0.25) is 0 Å². The molecule has 0 fully saturated rings. The van der Waals surface area contributed by atoms with Crippen LogP contribution >= 0.6 is 15.9 Å². The van der Waals surface area contributed by atoms with Crippen LogP contribution in [0.25, 0.3) is 0 Å². The summed E-state index contributed by atoms with van der Waals surface area (Å²) in [6.07, 6.45) is 2.43. The molecule has 0 unspecified atom stereocenters. The predicted octanol–water partition coefficient (Wildman–Crippen LogP) is 4.41. The average molecular weight is 420 g/mol. The summed E-state index contributed by atoms with van der Waals surface area (Å²) in [4.78, 5) is 15.9. The molecule has 0 spiro atoms. The van der Waals surface area contributed by atoms with Crippen LogP contribution < -0.4 is 15.4 Å². The molecular formula is C20H26BrN3O2. The third-order valence-corrected chi connectivity index (χ3v) is 4.44. The Balaban J connectivity index is 1.65. The van der Waals surface area contributed by atoms with Gasteiger partial charge in [-0.25, -0.2) is 4.79 Å². The number of ether oxygens (including phenoxy) is 1. The number of amides is 2. The fourth-order valence-electron chi connectivity index (χ4n) is 2.28. The number of rotatable bonds is 7. The van der Waals surface area contributed by atoms with Gasteiger partial charge in [0, 0.05) is 12.7 Å². The van der Waals surface area contributed by atoms with Crippen LogP contribution in [-0.4, -0.2) is 24.2 Å². The molecule has 0 aliphatic rings. The Morgan fingerprint density at radius 2 is 2.00 bits per heavy atom. The van der Waals surface area contributed by atoms with E-state index in [-0.39, 0.29) is 11.4 Å². The summed E-state index contributed by atoms with van der Waals surface area (Å²) in [5.74, 6) is 0.817. The van der Waals surface area contributed by atoms with Gasteiger partial charge < -0.3 is 15.4 Å². The van der Waals surface area contributed by atoms with Crippen LogP contribution in [0.1, 0.15) is 38.4 Å². The number of aromatic nitrogens is 1. The summed E-state index contributed by atoms with van der Waals surface area (Å²) in [7, 11) is 0. The Hall–Kier alpha value is -2.08. The van der Waals surface area contributed by atoms with Gasteiger partial charge in [-0.05, 0) is 57.6 Å². The molecule has 2 rings (SSSR count). The highest BCUT2D eigenvalue weighted by Gasteiger charge is 2.15. The zero-order valence-corrected chi connectivity index (χ0v) is 17.1. The number of benzene rings is 1. The Bertz CT molecular complexity index is 715. The molecular weight excluding hydrogens is 394 g/mol. The van der Waals surface area contributed by atoms with Crippen molar-refractivity contribution < 1.29 is 9.53 Å². The van der Waals surface area contributed by atoms with E-state index in [4.69, 9.17) is 4.74 Å². The highest BCUT2D eigenvalue weighted by molar-refractivity contribution is 9.10. The van der Waals surface area contributed by atoms with E-state index >= 15 is 0 Å². The number of nitrogens with zero attached hydrogens (tertiary/aromatic N) is 1. The normalized spacial score (nSPS) is 11.1. The second kappa shape index (κ2) is 9.57. The maximum Gasteiger partial charge on any atom is 0.315 e. The van der Waals surface area contributed by atoms with E-state index in [1.54, 1.807) is 6.20 Å². The summed E-state index contributed by atoms with van der Waals surface area (Å²) < 4.78 is 6.74. The van der Waals surface area contributed by atoms with E-state index in [0.29, 0.717) is 19.7 Å². The quantitative estimate of drug-likeness (QED) is 0.653. The van der Waals surface area contributed by atoms with E-state index in [2.05, 4.69) is 64.5 Å². The zero-order chi connectivity index (χ0) is 19.0. The van der Waals surface area contributed by atoms with Gasteiger partial charge in [0.05, 0.1) is 23.3 Å². The second-order valence-electron chi connectivity index (χ2n) is 7.03. The SMILES string of the molecule is CC(C)(C)c1ccc(OCCCNC(=O)NCc2ccccn2)c(Br)c1. The van der Waals surface area contributed by atoms with Gasteiger partial charge in [0.25, 0.3) is 0 Å². The molecule has 0 saturated heterocycles. The number of carbonyl (C=O) groups excluding carboxylic acids is 1. The molecule has 0 radical (unpaired) electrons. The van der Waals surface area contributed by atoms with Crippen molar-refractivity contribution in [1.82, 2.24) is 15.6 Å². The van der Waals surface area contributed by atoms with Crippen molar-refractivity contribution in [3.8, 4) is 5.75 Å². The van der Waals surface area contributed by atoms with Gasteiger partial charge in [0.1, 0.15) is 5.75 Å². The van der Waals surface area contributed by atoms with Crippen LogP contribution in [0.5, 0.6) is 5.75 Å². The lowest BCUT2D eigenvalue weighted by Crippen LogP contribution is -2.36.